The molecule has 0 saturated carbocycles. The van der Waals surface area contributed by atoms with Crippen molar-refractivity contribution in [2.24, 2.45) is 0 Å². The number of unbranched alkanes of at least 4 members (excludes halogenated alkanes) is 1. The summed E-state index contributed by atoms with van der Waals surface area (Å²) in [5.74, 6) is 0.586. The van der Waals surface area contributed by atoms with E-state index in [0.29, 0.717) is 35.8 Å². The summed E-state index contributed by atoms with van der Waals surface area (Å²) >= 11 is 5.88. The molecule has 0 aliphatic heterocycles. The summed E-state index contributed by atoms with van der Waals surface area (Å²) in [4.78, 5) is 0. The third kappa shape index (κ3) is 3.43. The van der Waals surface area contributed by atoms with Crippen LogP contribution in [-0.2, 0) is 6.61 Å². The normalized spacial score (nSPS) is 9.67. The van der Waals surface area contributed by atoms with Crippen molar-refractivity contribution in [1.29, 1.82) is 5.26 Å². The van der Waals surface area contributed by atoms with Crippen molar-refractivity contribution in [3.63, 3.8) is 0 Å². The molecule has 0 atom stereocenters. The zero-order valence-corrected chi connectivity index (χ0v) is 9.00. The smallest absolute Gasteiger partial charge is 0.126 e. The van der Waals surface area contributed by atoms with Crippen molar-refractivity contribution >= 4 is 11.6 Å². The monoisotopic (exact) mass is 225 g/mol. The van der Waals surface area contributed by atoms with Crippen molar-refractivity contribution < 1.29 is 9.84 Å². The Morgan fingerprint density at radius 2 is 2.27 bits per heavy atom. The number of hydrogen-bond acceptors (Lipinski definition) is 3. The zero-order valence-electron chi connectivity index (χ0n) is 8.24. The molecule has 0 saturated heterocycles. The van der Waals surface area contributed by atoms with Crippen molar-refractivity contribution in [2.45, 2.75) is 19.4 Å². The topological polar surface area (TPSA) is 53.2 Å². The number of ether oxygens (including phenoxy) is 1. The van der Waals surface area contributed by atoms with E-state index >= 15 is 0 Å². The number of aliphatic hydroxyl groups is 1. The van der Waals surface area contributed by atoms with Gasteiger partial charge in [0.1, 0.15) is 5.75 Å². The van der Waals surface area contributed by atoms with E-state index in [9.17, 15) is 0 Å². The van der Waals surface area contributed by atoms with Gasteiger partial charge in [0.2, 0.25) is 0 Å². The Bertz CT molecular complexity index is 360. The van der Waals surface area contributed by atoms with Gasteiger partial charge in [-0.2, -0.15) is 5.26 Å². The van der Waals surface area contributed by atoms with Crippen LogP contribution in [0, 0.1) is 11.3 Å². The lowest BCUT2D eigenvalue weighted by Crippen LogP contribution is -2.00. The summed E-state index contributed by atoms with van der Waals surface area (Å²) in [6.45, 7) is 0.314. The quantitative estimate of drug-likeness (QED) is 0.784. The van der Waals surface area contributed by atoms with Gasteiger partial charge >= 0.3 is 0 Å². The van der Waals surface area contributed by atoms with Crippen LogP contribution in [0.3, 0.4) is 0 Å². The molecular weight excluding hydrogens is 214 g/mol. The summed E-state index contributed by atoms with van der Waals surface area (Å²) < 4.78 is 5.42. The first-order chi connectivity index (χ1) is 7.29. The Morgan fingerprint density at radius 1 is 1.47 bits per heavy atom. The van der Waals surface area contributed by atoms with Crippen LogP contribution < -0.4 is 4.74 Å². The summed E-state index contributed by atoms with van der Waals surface area (Å²) in [6, 6.07) is 7.26. The van der Waals surface area contributed by atoms with Crippen LogP contribution in [0.4, 0.5) is 0 Å². The van der Waals surface area contributed by atoms with Gasteiger partial charge in [-0.15, -0.1) is 0 Å². The second-order valence-corrected chi connectivity index (χ2v) is 3.39. The summed E-state index contributed by atoms with van der Waals surface area (Å²) in [7, 11) is 0. The molecule has 1 aromatic rings. The fourth-order valence-corrected chi connectivity index (χ4v) is 1.39. The molecule has 0 amide bonds. The number of aliphatic hydroxyl groups excluding tert-OH is 1. The van der Waals surface area contributed by atoms with Gasteiger partial charge in [-0.1, -0.05) is 17.7 Å². The average Bonchev–Trinajstić information content (AvgIpc) is 2.24. The number of halogens is 1. The van der Waals surface area contributed by atoms with Gasteiger partial charge in [0.15, 0.2) is 0 Å². The van der Waals surface area contributed by atoms with E-state index in [1.165, 1.54) is 0 Å². The molecule has 1 rings (SSSR count). The first kappa shape index (κ1) is 11.8. The van der Waals surface area contributed by atoms with E-state index in [4.69, 9.17) is 26.7 Å². The molecule has 0 unspecified atom stereocenters. The Labute approximate surface area is 93.9 Å². The lowest BCUT2D eigenvalue weighted by molar-refractivity contribution is 0.262. The molecule has 0 aliphatic rings. The minimum absolute atomic E-state index is 0.146. The van der Waals surface area contributed by atoms with Gasteiger partial charge in [-0.25, -0.2) is 0 Å². The van der Waals surface area contributed by atoms with Crippen LogP contribution in [0.15, 0.2) is 18.2 Å². The predicted molar refractivity (Wildman–Crippen MR) is 57.7 cm³/mol. The summed E-state index contributed by atoms with van der Waals surface area (Å²) in [5, 5.41) is 17.9. The molecule has 80 valence electrons. The maximum absolute atomic E-state index is 9.09. The molecule has 4 heteroatoms. The molecule has 0 bridgehead atoms. The largest absolute Gasteiger partial charge is 0.493 e. The molecule has 1 N–H and O–H groups in total. The molecule has 0 aliphatic carbocycles. The number of benzene rings is 1. The third-order valence-corrected chi connectivity index (χ3v) is 2.28. The molecular formula is C11H12ClNO2. The fourth-order valence-electron chi connectivity index (χ4n) is 1.16. The van der Waals surface area contributed by atoms with Gasteiger partial charge < -0.3 is 9.84 Å². The van der Waals surface area contributed by atoms with Gasteiger partial charge in [0, 0.05) is 17.0 Å². The number of hydrogen-bond donors (Lipinski definition) is 1. The Balaban J connectivity index is 2.60. The Morgan fingerprint density at radius 3 is 2.93 bits per heavy atom. The SMILES string of the molecule is N#CCCCOc1cccc(Cl)c1CO. The number of nitriles is 1. The van der Waals surface area contributed by atoms with Crippen molar-refractivity contribution in [2.75, 3.05) is 6.61 Å². The lowest BCUT2D eigenvalue weighted by atomic mass is 10.2. The highest BCUT2D eigenvalue weighted by atomic mass is 35.5. The van der Waals surface area contributed by atoms with Crippen molar-refractivity contribution in [3.05, 3.63) is 28.8 Å². The second-order valence-electron chi connectivity index (χ2n) is 2.98. The molecule has 0 fully saturated rings. The van der Waals surface area contributed by atoms with E-state index in [0.717, 1.165) is 0 Å². The summed E-state index contributed by atoms with van der Waals surface area (Å²) in [5.41, 5.74) is 0.594. The van der Waals surface area contributed by atoms with Crippen LogP contribution >= 0.6 is 11.6 Å². The molecule has 0 aromatic heterocycles. The van der Waals surface area contributed by atoms with Gasteiger partial charge in [-0.05, 0) is 18.6 Å². The molecule has 1 aromatic carbocycles. The van der Waals surface area contributed by atoms with Gasteiger partial charge in [0.25, 0.3) is 0 Å². The van der Waals surface area contributed by atoms with Crippen LogP contribution in [0.1, 0.15) is 18.4 Å². The van der Waals surface area contributed by atoms with Gasteiger partial charge in [0.05, 0.1) is 19.3 Å². The average molecular weight is 226 g/mol. The molecule has 15 heavy (non-hydrogen) atoms. The third-order valence-electron chi connectivity index (χ3n) is 1.92. The van der Waals surface area contributed by atoms with E-state index in [-0.39, 0.29) is 6.61 Å². The standard InChI is InChI=1S/C11H12ClNO2/c12-10-4-3-5-11(9(10)8-14)15-7-2-1-6-13/h3-5,14H,1-2,7-8H2. The Kier molecular flexibility index (Phi) is 4.96. The van der Waals surface area contributed by atoms with E-state index in [1.54, 1.807) is 18.2 Å². The second kappa shape index (κ2) is 6.28. The van der Waals surface area contributed by atoms with Crippen LogP contribution in [0.5, 0.6) is 5.75 Å². The van der Waals surface area contributed by atoms with E-state index < -0.39 is 0 Å². The van der Waals surface area contributed by atoms with Gasteiger partial charge in [-0.3, -0.25) is 0 Å². The van der Waals surface area contributed by atoms with E-state index in [1.807, 2.05) is 6.07 Å². The zero-order chi connectivity index (χ0) is 11.1. The summed E-state index contributed by atoms with van der Waals surface area (Å²) in [6.07, 6.45) is 1.14. The minimum atomic E-state index is -0.146. The van der Waals surface area contributed by atoms with E-state index in [2.05, 4.69) is 0 Å². The molecule has 0 spiro atoms. The number of rotatable bonds is 5. The molecule has 0 radical (unpaired) electrons. The first-order valence-electron chi connectivity index (χ1n) is 4.67. The number of nitrogens with zero attached hydrogens (tertiary/aromatic N) is 1. The highest BCUT2D eigenvalue weighted by molar-refractivity contribution is 6.31. The first-order valence-corrected chi connectivity index (χ1v) is 5.05. The van der Waals surface area contributed by atoms with Crippen LogP contribution in [-0.4, -0.2) is 11.7 Å². The maximum atomic E-state index is 9.09. The van der Waals surface area contributed by atoms with Crippen LogP contribution in [0.2, 0.25) is 5.02 Å². The predicted octanol–water partition coefficient (Wildman–Crippen LogP) is 2.51. The lowest BCUT2D eigenvalue weighted by Gasteiger charge is -2.10. The maximum Gasteiger partial charge on any atom is 0.126 e. The van der Waals surface area contributed by atoms with Crippen molar-refractivity contribution in [1.82, 2.24) is 0 Å². The van der Waals surface area contributed by atoms with Crippen LogP contribution in [0.25, 0.3) is 0 Å². The highest BCUT2D eigenvalue weighted by Gasteiger charge is 2.06. The Hall–Kier alpha value is -1.24. The fraction of sp³-hybridized carbons (Fsp3) is 0.364. The minimum Gasteiger partial charge on any atom is -0.493 e. The highest BCUT2D eigenvalue weighted by Crippen LogP contribution is 2.26. The molecule has 0 heterocycles. The molecule has 3 nitrogen and oxygen atoms in total. The van der Waals surface area contributed by atoms with Crippen molar-refractivity contribution in [3.8, 4) is 11.8 Å².